The van der Waals surface area contributed by atoms with E-state index in [4.69, 9.17) is 5.11 Å². The minimum Gasteiger partial charge on any atom is -0.478 e. The van der Waals surface area contributed by atoms with Crippen LogP contribution in [0, 0.1) is 0 Å². The molecule has 0 aromatic heterocycles. The number of rotatable bonds is 5. The minimum absolute atomic E-state index is 0.0581. The first-order chi connectivity index (χ1) is 6.61. The predicted molar refractivity (Wildman–Crippen MR) is 46.0 cm³/mol. The van der Waals surface area contributed by atoms with Crippen molar-refractivity contribution < 1.29 is 19.5 Å². The molecule has 6 nitrogen and oxygen atoms in total. The number of aliphatic carboxylic acids is 1. The zero-order valence-corrected chi connectivity index (χ0v) is 7.43. The molecule has 0 amide bonds. The normalized spacial score (nSPS) is 12.2. The van der Waals surface area contributed by atoms with Crippen molar-refractivity contribution in [3.8, 4) is 0 Å². The van der Waals surface area contributed by atoms with E-state index in [9.17, 15) is 14.4 Å². The van der Waals surface area contributed by atoms with Gasteiger partial charge in [-0.15, -0.1) is 0 Å². The van der Waals surface area contributed by atoms with E-state index in [1.165, 1.54) is 25.2 Å². The van der Waals surface area contributed by atoms with Gasteiger partial charge in [-0.3, -0.25) is 0 Å². The predicted octanol–water partition coefficient (Wildman–Crippen LogP) is 0.405. The zero-order chi connectivity index (χ0) is 11.0. The van der Waals surface area contributed by atoms with Crippen LogP contribution in [0.4, 0.5) is 0 Å². The molecule has 0 aliphatic rings. The summed E-state index contributed by atoms with van der Waals surface area (Å²) >= 11 is 0. The summed E-state index contributed by atoms with van der Waals surface area (Å²) in [5.74, 6) is -1.08. The molecule has 0 aliphatic carbocycles. The van der Waals surface area contributed by atoms with Gasteiger partial charge < -0.3 is 5.11 Å². The largest absolute Gasteiger partial charge is 0.478 e. The van der Waals surface area contributed by atoms with Crippen molar-refractivity contribution in [3.05, 3.63) is 11.6 Å². The molecule has 0 atom stereocenters. The highest BCUT2D eigenvalue weighted by molar-refractivity contribution is 5.85. The smallest absolute Gasteiger partial charge is 0.330 e. The van der Waals surface area contributed by atoms with Crippen LogP contribution in [0.5, 0.6) is 0 Å². The molecule has 0 rings (SSSR count). The fourth-order valence-electron chi connectivity index (χ4n) is 0.625. The Morgan fingerprint density at radius 3 is 2.29 bits per heavy atom. The first-order valence-corrected chi connectivity index (χ1v) is 3.65. The lowest BCUT2D eigenvalue weighted by atomic mass is 10.2. The number of carbonyl (C=O) groups excluding carboxylic acids is 2. The topological polar surface area (TPSA) is 96.2 Å². The molecule has 0 saturated heterocycles. The number of carbonyl (C=O) groups is 1. The Morgan fingerprint density at radius 2 is 1.93 bits per heavy atom. The third-order valence-corrected chi connectivity index (χ3v) is 1.38. The third-order valence-electron chi connectivity index (χ3n) is 1.38. The molecule has 6 heteroatoms. The van der Waals surface area contributed by atoms with Gasteiger partial charge in [-0.2, -0.15) is 9.98 Å². The highest BCUT2D eigenvalue weighted by atomic mass is 16.4. The van der Waals surface area contributed by atoms with E-state index >= 15 is 0 Å². The molecule has 0 bridgehead atoms. The Bertz CT molecular complexity index is 317. The van der Waals surface area contributed by atoms with Crippen molar-refractivity contribution in [1.82, 2.24) is 0 Å². The van der Waals surface area contributed by atoms with E-state index in [0.29, 0.717) is 0 Å². The van der Waals surface area contributed by atoms with Crippen LogP contribution in [0.25, 0.3) is 0 Å². The van der Waals surface area contributed by atoms with Crippen molar-refractivity contribution in [2.45, 2.75) is 19.5 Å². The Morgan fingerprint density at radius 1 is 1.43 bits per heavy atom. The Balaban J connectivity index is 4.46. The van der Waals surface area contributed by atoms with Gasteiger partial charge in [0.25, 0.3) is 0 Å². The van der Waals surface area contributed by atoms with Gasteiger partial charge in [0.05, 0.1) is 0 Å². The summed E-state index contributed by atoms with van der Waals surface area (Å²) in [5.41, 5.74) is 0.0946. The highest BCUT2D eigenvalue weighted by Gasteiger charge is 2.04. The summed E-state index contributed by atoms with van der Waals surface area (Å²) in [4.78, 5) is 36.4. The molecule has 0 saturated carbocycles. The van der Waals surface area contributed by atoms with Crippen molar-refractivity contribution in [2.24, 2.45) is 9.98 Å². The maximum absolute atomic E-state index is 10.3. The molecule has 0 heterocycles. The van der Waals surface area contributed by atoms with Gasteiger partial charge in [0.2, 0.25) is 12.2 Å². The number of hydrogen-bond donors (Lipinski definition) is 1. The number of hydrogen-bond acceptors (Lipinski definition) is 5. The van der Waals surface area contributed by atoms with E-state index in [0.717, 1.165) is 0 Å². The lowest BCUT2D eigenvalue weighted by Crippen LogP contribution is -2.01. The molecular formula is C8H8N2O4. The van der Waals surface area contributed by atoms with E-state index < -0.39 is 12.1 Å². The van der Waals surface area contributed by atoms with Crippen LogP contribution in [0.3, 0.4) is 0 Å². The van der Waals surface area contributed by atoms with E-state index in [2.05, 4.69) is 9.98 Å². The average Bonchev–Trinajstić information content (AvgIpc) is 2.14. The number of aliphatic imine (C=N–C) groups is 2. The van der Waals surface area contributed by atoms with Crippen molar-refractivity contribution >= 4 is 18.1 Å². The molecule has 14 heavy (non-hydrogen) atoms. The first-order valence-electron chi connectivity index (χ1n) is 3.65. The van der Waals surface area contributed by atoms with Gasteiger partial charge in [0.15, 0.2) is 6.17 Å². The summed E-state index contributed by atoms with van der Waals surface area (Å²) in [6.07, 6.45) is 2.90. The third kappa shape index (κ3) is 4.77. The van der Waals surface area contributed by atoms with Gasteiger partial charge >= 0.3 is 5.97 Å². The quantitative estimate of drug-likeness (QED) is 0.391. The van der Waals surface area contributed by atoms with Crippen LogP contribution in [0.15, 0.2) is 21.6 Å². The zero-order valence-electron chi connectivity index (χ0n) is 7.43. The summed E-state index contributed by atoms with van der Waals surface area (Å²) in [5, 5.41) is 8.47. The second-order valence-electron chi connectivity index (χ2n) is 2.35. The van der Waals surface area contributed by atoms with Crippen LogP contribution in [-0.4, -0.2) is 29.4 Å². The highest BCUT2D eigenvalue weighted by Crippen LogP contribution is 2.03. The molecule has 0 fully saturated rings. The molecular weight excluding hydrogens is 188 g/mol. The van der Waals surface area contributed by atoms with Crippen LogP contribution in [0.1, 0.15) is 13.3 Å². The lowest BCUT2D eigenvalue weighted by molar-refractivity contribution is -0.132. The van der Waals surface area contributed by atoms with Crippen molar-refractivity contribution in [2.75, 3.05) is 0 Å². The van der Waals surface area contributed by atoms with E-state index in [1.54, 1.807) is 0 Å². The van der Waals surface area contributed by atoms with Gasteiger partial charge in [0, 0.05) is 12.0 Å². The van der Waals surface area contributed by atoms with Crippen LogP contribution in [-0.2, 0) is 14.4 Å². The first kappa shape index (κ1) is 12.0. The van der Waals surface area contributed by atoms with E-state index in [-0.39, 0.29) is 12.0 Å². The van der Waals surface area contributed by atoms with Crippen molar-refractivity contribution in [1.29, 1.82) is 0 Å². The molecule has 0 aromatic carbocycles. The Labute approximate surface area is 79.7 Å². The maximum atomic E-state index is 10.3. The maximum Gasteiger partial charge on any atom is 0.330 e. The van der Waals surface area contributed by atoms with Crippen molar-refractivity contribution in [3.63, 3.8) is 0 Å². The van der Waals surface area contributed by atoms with Gasteiger partial charge in [-0.05, 0) is 6.92 Å². The summed E-state index contributed by atoms with van der Waals surface area (Å²) in [6, 6.07) is 0. The van der Waals surface area contributed by atoms with Gasteiger partial charge in [-0.1, -0.05) is 6.08 Å². The minimum atomic E-state index is -1.08. The SMILES string of the molecule is CC(=CCC(N=C=O)N=C=O)C(=O)O. The molecule has 0 radical (unpaired) electrons. The Hall–Kier alpha value is -2.03. The molecule has 1 N–H and O–H groups in total. The van der Waals surface area contributed by atoms with E-state index in [1.807, 2.05) is 0 Å². The molecule has 0 spiro atoms. The summed E-state index contributed by atoms with van der Waals surface area (Å²) in [6.45, 7) is 1.38. The molecule has 0 aliphatic heterocycles. The van der Waals surface area contributed by atoms with Crippen LogP contribution in [0.2, 0.25) is 0 Å². The molecule has 0 unspecified atom stereocenters. The fraction of sp³-hybridized carbons (Fsp3) is 0.375. The number of carboxylic acids is 1. The summed E-state index contributed by atoms with van der Waals surface area (Å²) < 4.78 is 0. The lowest BCUT2D eigenvalue weighted by Gasteiger charge is -1.98. The molecule has 0 aromatic rings. The molecule has 74 valence electrons. The monoisotopic (exact) mass is 196 g/mol. The van der Waals surface area contributed by atoms with Crippen LogP contribution >= 0.6 is 0 Å². The fourth-order valence-corrected chi connectivity index (χ4v) is 0.625. The standard InChI is InChI=1S/C8H8N2O4/c1-6(8(13)14)2-3-7(9-4-11)10-5-12/h2,7H,3H2,1H3,(H,13,14). The average molecular weight is 196 g/mol. The van der Waals surface area contributed by atoms with Crippen LogP contribution < -0.4 is 0 Å². The number of carboxylic acid groups (broad SMARTS) is 1. The summed E-state index contributed by atoms with van der Waals surface area (Å²) in [7, 11) is 0. The number of nitrogens with zero attached hydrogens (tertiary/aromatic N) is 2. The Kier molecular flexibility index (Phi) is 5.54. The second kappa shape index (κ2) is 6.48. The second-order valence-corrected chi connectivity index (χ2v) is 2.35. The van der Waals surface area contributed by atoms with Gasteiger partial charge in [0.1, 0.15) is 0 Å². The number of isocyanates is 2. The van der Waals surface area contributed by atoms with Gasteiger partial charge in [-0.25, -0.2) is 14.4 Å².